The highest BCUT2D eigenvalue weighted by molar-refractivity contribution is 7.11. The Bertz CT molecular complexity index is 1230. The third kappa shape index (κ3) is 4.56. The molecule has 1 aliphatic carbocycles. The van der Waals surface area contributed by atoms with Gasteiger partial charge in [-0.1, -0.05) is 18.2 Å². The maximum atomic E-state index is 13.3. The molecule has 0 spiro atoms. The number of hydrazone groups is 1. The molecule has 1 aromatic carbocycles. The van der Waals surface area contributed by atoms with E-state index in [4.69, 9.17) is 14.6 Å². The number of methoxy groups -OCH3 is 1. The van der Waals surface area contributed by atoms with Crippen LogP contribution in [0.1, 0.15) is 45.4 Å². The van der Waals surface area contributed by atoms with Gasteiger partial charge in [-0.25, -0.2) is 9.80 Å². The molecule has 2 unspecified atom stereocenters. The van der Waals surface area contributed by atoms with E-state index in [0.717, 1.165) is 29.9 Å². The van der Waals surface area contributed by atoms with E-state index >= 15 is 0 Å². The molecule has 2 atom stereocenters. The molecule has 1 aliphatic heterocycles. The molecule has 3 aromatic rings. The topological polar surface area (TPSA) is 68.2 Å². The van der Waals surface area contributed by atoms with Crippen LogP contribution >= 0.6 is 22.7 Å². The molecule has 1 fully saturated rings. The van der Waals surface area contributed by atoms with Crippen molar-refractivity contribution in [3.05, 3.63) is 80.2 Å². The van der Waals surface area contributed by atoms with Gasteiger partial charge in [0, 0.05) is 15.7 Å². The highest BCUT2D eigenvalue weighted by Gasteiger charge is 2.44. The number of fused-ring (bicyclic) bond motifs is 1. The molecule has 0 bridgehead atoms. The first-order valence-corrected chi connectivity index (χ1v) is 12.9. The summed E-state index contributed by atoms with van der Waals surface area (Å²) in [6.45, 7) is -0.370. The third-order valence-electron chi connectivity index (χ3n) is 6.08. The first-order valence-electron chi connectivity index (χ1n) is 11.1. The Morgan fingerprint density at radius 3 is 2.76 bits per heavy atom. The minimum absolute atomic E-state index is 0.136. The molecular weight excluding hydrogens is 468 g/mol. The number of esters is 1. The molecule has 0 N–H and O–H groups in total. The summed E-state index contributed by atoms with van der Waals surface area (Å²) in [7, 11) is 1.53. The van der Waals surface area contributed by atoms with Crippen molar-refractivity contribution in [3.8, 4) is 5.75 Å². The van der Waals surface area contributed by atoms with E-state index in [9.17, 15) is 9.59 Å². The first kappa shape index (κ1) is 22.6. The van der Waals surface area contributed by atoms with Gasteiger partial charge in [-0.05, 0) is 72.0 Å². The van der Waals surface area contributed by atoms with Gasteiger partial charge in [-0.3, -0.25) is 4.79 Å². The molecule has 1 saturated carbocycles. The first-order chi connectivity index (χ1) is 16.6. The normalized spacial score (nSPS) is 20.7. The van der Waals surface area contributed by atoms with Crippen LogP contribution in [-0.2, 0) is 9.53 Å². The Morgan fingerprint density at radius 1 is 1.15 bits per heavy atom. The third-order valence-corrected chi connectivity index (χ3v) is 7.85. The van der Waals surface area contributed by atoms with Crippen molar-refractivity contribution in [1.82, 2.24) is 5.01 Å². The second kappa shape index (κ2) is 9.95. The van der Waals surface area contributed by atoms with Gasteiger partial charge in [-0.2, -0.15) is 5.10 Å². The van der Waals surface area contributed by atoms with Crippen molar-refractivity contribution in [1.29, 1.82) is 0 Å². The lowest BCUT2D eigenvalue weighted by atomic mass is 9.79. The number of hydrogen-bond acceptors (Lipinski definition) is 7. The fourth-order valence-electron chi connectivity index (χ4n) is 4.52. The van der Waals surface area contributed by atoms with Crippen molar-refractivity contribution in [2.45, 2.75) is 25.3 Å². The summed E-state index contributed by atoms with van der Waals surface area (Å²) in [4.78, 5) is 28.1. The fraction of sp³-hybridized carbons (Fsp3) is 0.269. The van der Waals surface area contributed by atoms with Gasteiger partial charge >= 0.3 is 5.97 Å². The summed E-state index contributed by atoms with van der Waals surface area (Å²) in [5.41, 5.74) is 2.50. The smallest absolute Gasteiger partial charge is 0.338 e. The molecule has 6 nitrogen and oxygen atoms in total. The summed E-state index contributed by atoms with van der Waals surface area (Å²) < 4.78 is 10.5. The Hall–Kier alpha value is -3.23. The largest absolute Gasteiger partial charge is 0.497 e. The zero-order chi connectivity index (χ0) is 23.5. The number of ether oxygens (including phenoxy) is 2. The number of carbonyl (C=O) groups excluding carboxylic acids is 2. The standard InChI is InChI=1S/C26H24N2O4S2/c1-31-19-8-2-7-18(14-19)26(30)32-16-23(29)28-25(22-11-5-13-34-22)21-10-3-6-17(24(21)27-28)15-20-9-4-12-33-20/h2,4-5,7-9,11-15,21,25H,3,6,10,16H2,1H3. The van der Waals surface area contributed by atoms with Crippen LogP contribution in [0.4, 0.5) is 0 Å². The van der Waals surface area contributed by atoms with E-state index in [0.29, 0.717) is 11.3 Å². The number of thiophene rings is 2. The minimum Gasteiger partial charge on any atom is -0.497 e. The summed E-state index contributed by atoms with van der Waals surface area (Å²) in [5, 5.41) is 10.4. The zero-order valence-electron chi connectivity index (χ0n) is 18.7. The van der Waals surface area contributed by atoms with Crippen LogP contribution in [0.3, 0.4) is 0 Å². The Kier molecular flexibility index (Phi) is 6.60. The van der Waals surface area contributed by atoms with Crippen molar-refractivity contribution in [2.24, 2.45) is 11.0 Å². The molecule has 34 heavy (non-hydrogen) atoms. The second-order valence-electron chi connectivity index (χ2n) is 8.18. The number of hydrogen-bond donors (Lipinski definition) is 0. The average molecular weight is 493 g/mol. The maximum absolute atomic E-state index is 13.3. The summed E-state index contributed by atoms with van der Waals surface area (Å²) >= 11 is 3.31. The summed E-state index contributed by atoms with van der Waals surface area (Å²) in [6.07, 6.45) is 5.15. The Morgan fingerprint density at radius 2 is 2.00 bits per heavy atom. The molecule has 0 saturated heterocycles. The van der Waals surface area contributed by atoms with Crippen LogP contribution < -0.4 is 4.74 Å². The highest BCUT2D eigenvalue weighted by Crippen LogP contribution is 2.45. The lowest BCUT2D eigenvalue weighted by Crippen LogP contribution is -2.34. The summed E-state index contributed by atoms with van der Waals surface area (Å²) in [6, 6.07) is 14.7. The maximum Gasteiger partial charge on any atom is 0.338 e. The molecule has 5 rings (SSSR count). The second-order valence-corrected chi connectivity index (χ2v) is 10.1. The molecule has 2 aromatic heterocycles. The van der Waals surface area contributed by atoms with Crippen LogP contribution in [0.2, 0.25) is 0 Å². The van der Waals surface area contributed by atoms with Gasteiger partial charge in [0.25, 0.3) is 5.91 Å². The Balaban J connectivity index is 1.38. The average Bonchev–Trinajstić information content (AvgIpc) is 3.63. The van der Waals surface area contributed by atoms with Crippen molar-refractivity contribution in [3.63, 3.8) is 0 Å². The summed E-state index contributed by atoms with van der Waals surface area (Å²) in [5.74, 6) is -0.204. The number of nitrogens with zero attached hydrogens (tertiary/aromatic N) is 2. The lowest BCUT2D eigenvalue weighted by molar-refractivity contribution is -0.136. The van der Waals surface area contributed by atoms with Crippen LogP contribution in [0.5, 0.6) is 5.75 Å². The van der Waals surface area contributed by atoms with E-state index in [1.54, 1.807) is 46.9 Å². The quantitative estimate of drug-likeness (QED) is 0.408. The number of rotatable bonds is 6. The van der Waals surface area contributed by atoms with Crippen LogP contribution in [-0.4, -0.2) is 36.3 Å². The van der Waals surface area contributed by atoms with Crippen LogP contribution in [0.25, 0.3) is 6.08 Å². The van der Waals surface area contributed by atoms with E-state index in [2.05, 4.69) is 17.5 Å². The van der Waals surface area contributed by atoms with E-state index in [-0.39, 0.29) is 24.5 Å². The molecule has 0 radical (unpaired) electrons. The molecule has 174 valence electrons. The monoisotopic (exact) mass is 492 g/mol. The predicted octanol–water partition coefficient (Wildman–Crippen LogP) is 5.80. The predicted molar refractivity (Wildman–Crippen MR) is 134 cm³/mol. The number of benzene rings is 1. The lowest BCUT2D eigenvalue weighted by Gasteiger charge is -2.28. The van der Waals surface area contributed by atoms with Crippen molar-refractivity contribution < 1.29 is 19.1 Å². The van der Waals surface area contributed by atoms with Crippen molar-refractivity contribution in [2.75, 3.05) is 13.7 Å². The fourth-order valence-corrected chi connectivity index (χ4v) is 6.07. The van der Waals surface area contributed by atoms with Gasteiger partial charge in [0.1, 0.15) is 5.75 Å². The van der Waals surface area contributed by atoms with Gasteiger partial charge in [-0.15, -0.1) is 22.7 Å². The van der Waals surface area contributed by atoms with E-state index in [1.165, 1.54) is 22.6 Å². The van der Waals surface area contributed by atoms with Crippen LogP contribution in [0, 0.1) is 5.92 Å². The molecular formula is C26H24N2O4S2. The SMILES string of the molecule is COc1cccc(C(=O)OCC(=O)N2N=C3C(=Cc4cccs4)CCCC3C2c2cccs2)c1. The Labute approximate surface area is 206 Å². The van der Waals surface area contributed by atoms with Gasteiger partial charge in [0.2, 0.25) is 0 Å². The van der Waals surface area contributed by atoms with E-state index < -0.39 is 5.97 Å². The molecule has 2 aliphatic rings. The molecule has 1 amide bonds. The number of carbonyl (C=O) groups is 2. The van der Waals surface area contributed by atoms with Gasteiger partial charge < -0.3 is 9.47 Å². The number of amides is 1. The number of allylic oxidation sites excluding steroid dienone is 1. The molecule has 8 heteroatoms. The van der Waals surface area contributed by atoms with Gasteiger partial charge in [0.15, 0.2) is 6.61 Å². The zero-order valence-corrected chi connectivity index (χ0v) is 20.3. The highest BCUT2D eigenvalue weighted by atomic mass is 32.1. The van der Waals surface area contributed by atoms with Crippen molar-refractivity contribution >= 4 is 46.3 Å². The van der Waals surface area contributed by atoms with E-state index in [1.807, 2.05) is 23.6 Å². The van der Waals surface area contributed by atoms with Crippen LogP contribution in [0.15, 0.2) is 70.0 Å². The molecule has 3 heterocycles. The minimum atomic E-state index is -0.567. The van der Waals surface area contributed by atoms with Gasteiger partial charge in [0.05, 0.1) is 24.4 Å².